The summed E-state index contributed by atoms with van der Waals surface area (Å²) in [5.74, 6) is 6.60. The summed E-state index contributed by atoms with van der Waals surface area (Å²) in [6.07, 6.45) is 1.67. The van der Waals surface area contributed by atoms with E-state index in [9.17, 15) is 9.59 Å². The quantitative estimate of drug-likeness (QED) is 0.201. The summed E-state index contributed by atoms with van der Waals surface area (Å²) in [4.78, 5) is 36.9. The van der Waals surface area contributed by atoms with Crippen molar-refractivity contribution in [3.63, 3.8) is 0 Å². The molecule has 206 valence electrons. The Balaban J connectivity index is 1.62. The fourth-order valence-electron chi connectivity index (χ4n) is 4.47. The Kier molecular flexibility index (Phi) is 7.67. The standard InChI is InChI=1S/C30H28N8O2S/c1-5-16-32-28-25(26(31)36-37(28)4)29(39)34-19(3)27-35-22-13-9-10-20(14-15-23-33-18(2)17-41-23)24(22)30(40)38(27)21-11-7-6-8-12-21/h5-13,17,19,32H,1,16H2,2-4H3,(H2,31,36)(H,34,39). The zero-order valence-electron chi connectivity index (χ0n) is 22.8. The first-order chi connectivity index (χ1) is 19.8. The number of aryl methyl sites for hydroxylation is 2. The minimum Gasteiger partial charge on any atom is -0.381 e. The number of thiazole rings is 1. The van der Waals surface area contributed by atoms with Crippen LogP contribution in [0.1, 0.15) is 45.4 Å². The number of nitrogen functional groups attached to an aromatic ring is 1. The van der Waals surface area contributed by atoms with Gasteiger partial charge in [-0.1, -0.05) is 36.3 Å². The Hall–Kier alpha value is -5.21. The van der Waals surface area contributed by atoms with Crippen LogP contribution in [-0.4, -0.2) is 36.8 Å². The maximum absolute atomic E-state index is 14.2. The zero-order chi connectivity index (χ0) is 29.1. The van der Waals surface area contributed by atoms with Gasteiger partial charge in [0.1, 0.15) is 17.2 Å². The number of aromatic nitrogens is 5. The summed E-state index contributed by atoms with van der Waals surface area (Å²) in [5.41, 5.74) is 8.50. The van der Waals surface area contributed by atoms with E-state index in [1.54, 1.807) is 38.2 Å². The molecule has 3 heterocycles. The number of anilines is 2. The first-order valence-corrected chi connectivity index (χ1v) is 13.7. The van der Waals surface area contributed by atoms with E-state index in [0.717, 1.165) is 5.69 Å². The van der Waals surface area contributed by atoms with E-state index in [2.05, 4.69) is 39.1 Å². The molecule has 0 aliphatic carbocycles. The van der Waals surface area contributed by atoms with E-state index in [4.69, 9.17) is 10.7 Å². The van der Waals surface area contributed by atoms with E-state index < -0.39 is 11.9 Å². The number of nitrogens with two attached hydrogens (primary N) is 1. The van der Waals surface area contributed by atoms with Gasteiger partial charge in [0.25, 0.3) is 11.5 Å². The highest BCUT2D eigenvalue weighted by Crippen LogP contribution is 2.24. The molecular formula is C30H28N8O2S. The van der Waals surface area contributed by atoms with Crippen molar-refractivity contribution in [1.29, 1.82) is 0 Å². The molecule has 0 aliphatic heterocycles. The number of carbonyl (C=O) groups excluding carboxylic acids is 1. The minimum absolute atomic E-state index is 0.0781. The first kappa shape index (κ1) is 27.4. The lowest BCUT2D eigenvalue weighted by molar-refractivity contribution is 0.0939. The lowest BCUT2D eigenvalue weighted by Gasteiger charge is -2.20. The molecule has 1 amide bonds. The summed E-state index contributed by atoms with van der Waals surface area (Å²) >= 11 is 1.45. The van der Waals surface area contributed by atoms with Crippen molar-refractivity contribution in [3.8, 4) is 17.5 Å². The predicted octanol–water partition coefficient (Wildman–Crippen LogP) is 3.96. The van der Waals surface area contributed by atoms with Crippen molar-refractivity contribution in [2.24, 2.45) is 7.05 Å². The van der Waals surface area contributed by atoms with Crippen LogP contribution in [0.25, 0.3) is 16.6 Å². The number of fused-ring (bicyclic) bond motifs is 1. The number of nitrogens with zero attached hydrogens (tertiary/aromatic N) is 5. The van der Waals surface area contributed by atoms with Gasteiger partial charge in [-0.3, -0.25) is 18.8 Å². The molecule has 41 heavy (non-hydrogen) atoms. The van der Waals surface area contributed by atoms with Crippen LogP contribution in [0.2, 0.25) is 0 Å². The van der Waals surface area contributed by atoms with E-state index >= 15 is 0 Å². The summed E-state index contributed by atoms with van der Waals surface area (Å²) in [7, 11) is 1.69. The van der Waals surface area contributed by atoms with Crippen molar-refractivity contribution in [1.82, 2.24) is 29.6 Å². The Morgan fingerprint density at radius 2 is 1.95 bits per heavy atom. The molecule has 10 nitrogen and oxygen atoms in total. The SMILES string of the molecule is C=CCNc1c(C(=O)NC(C)c2nc3cccc(C#Cc4nc(C)cs4)c3c(=O)n2-c2ccccc2)c(N)nn1C. The van der Waals surface area contributed by atoms with Crippen LogP contribution in [0.3, 0.4) is 0 Å². The molecular weight excluding hydrogens is 536 g/mol. The highest BCUT2D eigenvalue weighted by Gasteiger charge is 2.25. The molecule has 2 aromatic carbocycles. The predicted molar refractivity (Wildman–Crippen MR) is 162 cm³/mol. The number of hydrogen-bond donors (Lipinski definition) is 3. The second kappa shape index (κ2) is 11.5. The summed E-state index contributed by atoms with van der Waals surface area (Å²) in [6, 6.07) is 13.9. The molecule has 11 heteroatoms. The van der Waals surface area contributed by atoms with Crippen molar-refractivity contribution < 1.29 is 4.79 Å². The number of hydrogen-bond acceptors (Lipinski definition) is 8. The van der Waals surface area contributed by atoms with Gasteiger partial charge in [-0.2, -0.15) is 5.10 Å². The van der Waals surface area contributed by atoms with Gasteiger partial charge in [0.05, 0.1) is 22.6 Å². The molecule has 3 aromatic heterocycles. The van der Waals surface area contributed by atoms with Crippen LogP contribution in [0.15, 0.2) is 71.4 Å². The van der Waals surface area contributed by atoms with Gasteiger partial charge < -0.3 is 16.4 Å². The second-order valence-corrected chi connectivity index (χ2v) is 10.1. The van der Waals surface area contributed by atoms with Crippen LogP contribution < -0.4 is 21.9 Å². The second-order valence-electron chi connectivity index (χ2n) is 9.29. The zero-order valence-corrected chi connectivity index (χ0v) is 23.6. The van der Waals surface area contributed by atoms with Crippen LogP contribution >= 0.6 is 11.3 Å². The summed E-state index contributed by atoms with van der Waals surface area (Å²) < 4.78 is 3.01. The molecule has 1 atom stereocenters. The number of para-hydroxylation sites is 1. The van der Waals surface area contributed by atoms with Gasteiger partial charge in [-0.25, -0.2) is 9.97 Å². The van der Waals surface area contributed by atoms with E-state index in [0.29, 0.717) is 45.3 Å². The third-order valence-corrected chi connectivity index (χ3v) is 7.19. The molecule has 0 saturated carbocycles. The van der Waals surface area contributed by atoms with Crippen LogP contribution in [0.5, 0.6) is 0 Å². The van der Waals surface area contributed by atoms with Crippen LogP contribution in [0, 0.1) is 18.8 Å². The molecule has 0 spiro atoms. The minimum atomic E-state index is -0.681. The highest BCUT2D eigenvalue weighted by atomic mass is 32.1. The number of rotatable bonds is 7. The molecule has 0 saturated heterocycles. The Morgan fingerprint density at radius 1 is 1.17 bits per heavy atom. The van der Waals surface area contributed by atoms with Gasteiger partial charge in [0.15, 0.2) is 10.8 Å². The largest absolute Gasteiger partial charge is 0.381 e. The monoisotopic (exact) mass is 564 g/mol. The maximum Gasteiger partial charge on any atom is 0.267 e. The fourth-order valence-corrected chi connectivity index (χ4v) is 5.12. The van der Waals surface area contributed by atoms with Gasteiger partial charge in [-0.15, -0.1) is 17.9 Å². The number of amides is 1. The molecule has 5 rings (SSSR count). The molecule has 0 radical (unpaired) electrons. The number of nitrogens with one attached hydrogen (secondary N) is 2. The fraction of sp³-hybridized carbons (Fsp3) is 0.167. The lowest BCUT2D eigenvalue weighted by atomic mass is 10.1. The highest BCUT2D eigenvalue weighted by molar-refractivity contribution is 7.10. The molecule has 1 unspecified atom stereocenters. The Labute approximate surface area is 240 Å². The Bertz CT molecular complexity index is 1890. The topological polar surface area (TPSA) is 133 Å². The molecule has 5 aromatic rings. The van der Waals surface area contributed by atoms with Crippen LogP contribution in [0.4, 0.5) is 11.6 Å². The van der Waals surface area contributed by atoms with Crippen molar-refractivity contribution >= 4 is 39.8 Å². The third-order valence-electron chi connectivity index (χ3n) is 6.31. The van der Waals surface area contributed by atoms with Crippen molar-refractivity contribution in [2.75, 3.05) is 17.6 Å². The van der Waals surface area contributed by atoms with Gasteiger partial charge in [0, 0.05) is 30.2 Å². The van der Waals surface area contributed by atoms with E-state index in [1.807, 2.05) is 42.6 Å². The average Bonchev–Trinajstić information content (AvgIpc) is 3.51. The maximum atomic E-state index is 14.2. The van der Waals surface area contributed by atoms with Crippen molar-refractivity contribution in [2.45, 2.75) is 19.9 Å². The van der Waals surface area contributed by atoms with Crippen LogP contribution in [-0.2, 0) is 7.05 Å². The molecule has 0 fully saturated rings. The normalized spacial score (nSPS) is 11.5. The van der Waals surface area contributed by atoms with E-state index in [1.165, 1.54) is 20.6 Å². The summed E-state index contributed by atoms with van der Waals surface area (Å²) in [6.45, 7) is 7.80. The van der Waals surface area contributed by atoms with E-state index in [-0.39, 0.29) is 16.9 Å². The molecule has 4 N–H and O–H groups in total. The van der Waals surface area contributed by atoms with Gasteiger partial charge >= 0.3 is 0 Å². The Morgan fingerprint density at radius 3 is 2.66 bits per heavy atom. The van der Waals surface area contributed by atoms with Crippen molar-refractivity contribution in [3.05, 3.63) is 105 Å². The summed E-state index contributed by atoms with van der Waals surface area (Å²) in [5, 5.41) is 13.2. The number of carbonyl (C=O) groups is 1. The molecule has 0 bridgehead atoms. The van der Waals surface area contributed by atoms with Gasteiger partial charge in [0.2, 0.25) is 0 Å². The molecule has 0 aliphatic rings. The number of benzene rings is 2. The van der Waals surface area contributed by atoms with Gasteiger partial charge in [-0.05, 0) is 44.0 Å². The third kappa shape index (κ3) is 5.46. The lowest BCUT2D eigenvalue weighted by Crippen LogP contribution is -2.34. The first-order valence-electron chi connectivity index (χ1n) is 12.8. The smallest absolute Gasteiger partial charge is 0.267 e. The average molecular weight is 565 g/mol.